The van der Waals surface area contributed by atoms with E-state index in [2.05, 4.69) is 10.2 Å². The molecule has 0 aliphatic heterocycles. The van der Waals surface area contributed by atoms with Crippen LogP contribution in [0.2, 0.25) is 0 Å². The molecule has 1 heterocycles. The third-order valence-corrected chi connectivity index (χ3v) is 4.39. The summed E-state index contributed by atoms with van der Waals surface area (Å²) >= 11 is 2.46. The molecule has 0 radical (unpaired) electrons. The van der Waals surface area contributed by atoms with E-state index >= 15 is 0 Å². The van der Waals surface area contributed by atoms with Gasteiger partial charge in [-0.1, -0.05) is 6.92 Å². The second kappa shape index (κ2) is 7.61. The van der Waals surface area contributed by atoms with E-state index in [0.717, 1.165) is 17.8 Å². The number of halogens is 1. The summed E-state index contributed by atoms with van der Waals surface area (Å²) in [5, 5.41) is 37.4. The van der Waals surface area contributed by atoms with Gasteiger partial charge in [-0.25, -0.2) is 4.79 Å². The Labute approximate surface area is 153 Å². The van der Waals surface area contributed by atoms with Crippen molar-refractivity contribution in [3.05, 3.63) is 42.2 Å². The molecule has 0 saturated carbocycles. The normalized spacial score (nSPS) is 11.5. The first-order valence-electron chi connectivity index (χ1n) is 6.44. The Morgan fingerprint density at radius 1 is 1.50 bits per heavy atom. The summed E-state index contributed by atoms with van der Waals surface area (Å²) in [4.78, 5) is 21.4. The maximum atomic E-state index is 11.4. The van der Waals surface area contributed by atoms with Gasteiger partial charge in [0.1, 0.15) is 4.91 Å². The number of carboxylic acids is 1. The SMILES string of the molecule is CCc1nnc(S/C(=C\c2cc(I)c(O)c([N+](=O)[O-])c2)C(=O)O)o1. The van der Waals surface area contributed by atoms with E-state index in [1.807, 2.05) is 6.92 Å². The zero-order valence-corrected chi connectivity index (χ0v) is 15.1. The lowest BCUT2D eigenvalue weighted by atomic mass is 10.1. The quantitative estimate of drug-likeness (QED) is 0.218. The number of thioether (sulfide) groups is 1. The van der Waals surface area contributed by atoms with Crippen molar-refractivity contribution >= 4 is 52.1 Å². The molecule has 0 spiro atoms. The molecule has 0 amide bonds. The number of aromatic nitrogens is 2. The Balaban J connectivity index is 2.40. The van der Waals surface area contributed by atoms with Crippen molar-refractivity contribution < 1.29 is 24.3 Å². The minimum Gasteiger partial charge on any atom is -0.501 e. The second-order valence-corrected chi connectivity index (χ2v) is 6.51. The predicted molar refractivity (Wildman–Crippen MR) is 92.6 cm³/mol. The van der Waals surface area contributed by atoms with Crippen LogP contribution in [0, 0.1) is 13.7 Å². The van der Waals surface area contributed by atoms with Gasteiger partial charge in [-0.05, 0) is 52.1 Å². The van der Waals surface area contributed by atoms with Gasteiger partial charge >= 0.3 is 11.7 Å². The van der Waals surface area contributed by atoms with E-state index in [1.165, 1.54) is 12.1 Å². The van der Waals surface area contributed by atoms with Crippen LogP contribution < -0.4 is 0 Å². The first-order valence-corrected chi connectivity index (χ1v) is 8.33. The van der Waals surface area contributed by atoms with Crippen molar-refractivity contribution in [2.24, 2.45) is 0 Å². The molecule has 0 aliphatic carbocycles. The van der Waals surface area contributed by atoms with Crippen molar-refractivity contribution in [3.8, 4) is 5.75 Å². The Morgan fingerprint density at radius 3 is 2.75 bits per heavy atom. The third-order valence-electron chi connectivity index (χ3n) is 2.72. The minimum atomic E-state index is -1.25. The van der Waals surface area contributed by atoms with Crippen molar-refractivity contribution in [1.82, 2.24) is 10.2 Å². The van der Waals surface area contributed by atoms with Crippen LogP contribution in [0.1, 0.15) is 18.4 Å². The third kappa shape index (κ3) is 4.23. The molecule has 2 rings (SSSR count). The van der Waals surface area contributed by atoms with Gasteiger partial charge in [0.05, 0.1) is 8.49 Å². The van der Waals surface area contributed by atoms with E-state index < -0.39 is 22.3 Å². The Bertz CT molecular complexity index is 835. The molecule has 126 valence electrons. The van der Waals surface area contributed by atoms with Gasteiger partial charge in [0.2, 0.25) is 11.6 Å². The number of hydrogen-bond donors (Lipinski definition) is 2. The summed E-state index contributed by atoms with van der Waals surface area (Å²) in [5.74, 6) is -1.34. The molecule has 0 unspecified atom stereocenters. The highest BCUT2D eigenvalue weighted by Gasteiger charge is 2.19. The van der Waals surface area contributed by atoms with Crippen LogP contribution in [0.5, 0.6) is 5.75 Å². The van der Waals surface area contributed by atoms with Crippen molar-refractivity contribution in [1.29, 1.82) is 0 Å². The number of rotatable bonds is 6. The Kier molecular flexibility index (Phi) is 5.77. The van der Waals surface area contributed by atoms with Gasteiger partial charge in [0.25, 0.3) is 5.22 Å². The molecular formula is C13H10IN3O6S. The maximum absolute atomic E-state index is 11.4. The van der Waals surface area contributed by atoms with E-state index in [4.69, 9.17) is 4.42 Å². The van der Waals surface area contributed by atoms with E-state index in [9.17, 15) is 25.1 Å². The van der Waals surface area contributed by atoms with Gasteiger partial charge in [-0.15, -0.1) is 10.2 Å². The van der Waals surface area contributed by atoms with Gasteiger partial charge < -0.3 is 14.6 Å². The number of benzene rings is 1. The molecule has 2 aromatic rings. The van der Waals surface area contributed by atoms with Crippen LogP contribution in [0.4, 0.5) is 5.69 Å². The maximum Gasteiger partial charge on any atom is 0.342 e. The summed E-state index contributed by atoms with van der Waals surface area (Å²) in [6.07, 6.45) is 1.75. The first-order chi connectivity index (χ1) is 11.3. The number of aliphatic carboxylic acids is 1. The Morgan fingerprint density at radius 2 is 2.21 bits per heavy atom. The lowest BCUT2D eigenvalue weighted by Gasteiger charge is -2.03. The van der Waals surface area contributed by atoms with Crippen molar-refractivity contribution in [2.45, 2.75) is 18.6 Å². The number of nitrogens with zero attached hydrogens (tertiary/aromatic N) is 3. The highest BCUT2D eigenvalue weighted by Crippen LogP contribution is 2.34. The molecular weight excluding hydrogens is 453 g/mol. The van der Waals surface area contributed by atoms with E-state index in [-0.39, 0.29) is 19.3 Å². The number of nitro groups is 1. The standard InChI is InChI=1S/C13H10IN3O6S/c1-2-10-15-16-13(23-10)24-9(12(19)20)5-6-3-7(14)11(18)8(4-6)17(21)22/h3-5,18H,2H2,1H3,(H,19,20)/b9-5-. The average Bonchev–Trinajstić information content (AvgIpc) is 2.97. The van der Waals surface area contributed by atoms with Crippen molar-refractivity contribution in [2.75, 3.05) is 0 Å². The molecule has 1 aromatic carbocycles. The molecule has 11 heteroatoms. The summed E-state index contributed by atoms with van der Waals surface area (Å²) in [5.41, 5.74) is -0.252. The van der Waals surface area contributed by atoms with Crippen molar-refractivity contribution in [3.63, 3.8) is 0 Å². The van der Waals surface area contributed by atoms with Crippen LogP contribution in [-0.2, 0) is 11.2 Å². The first kappa shape index (κ1) is 18.2. The van der Waals surface area contributed by atoms with E-state index in [0.29, 0.717) is 12.3 Å². The summed E-state index contributed by atoms with van der Waals surface area (Å²) in [7, 11) is 0. The fourth-order valence-corrected chi connectivity index (χ4v) is 2.96. The molecule has 0 atom stereocenters. The monoisotopic (exact) mass is 463 g/mol. The summed E-state index contributed by atoms with van der Waals surface area (Å²) in [6, 6.07) is 2.52. The van der Waals surface area contributed by atoms with Gasteiger partial charge in [-0.2, -0.15) is 0 Å². The number of hydrogen-bond acceptors (Lipinski definition) is 8. The smallest absolute Gasteiger partial charge is 0.342 e. The number of phenols is 1. The van der Waals surface area contributed by atoms with Crippen LogP contribution >= 0.6 is 34.4 Å². The zero-order valence-electron chi connectivity index (χ0n) is 12.1. The van der Waals surface area contributed by atoms with Gasteiger partial charge in [-0.3, -0.25) is 10.1 Å². The number of carbonyl (C=O) groups is 1. The highest BCUT2D eigenvalue weighted by atomic mass is 127. The number of aromatic hydroxyl groups is 1. The topological polar surface area (TPSA) is 140 Å². The molecule has 9 nitrogen and oxygen atoms in total. The zero-order chi connectivity index (χ0) is 17.9. The van der Waals surface area contributed by atoms with E-state index in [1.54, 1.807) is 22.6 Å². The average molecular weight is 463 g/mol. The van der Waals surface area contributed by atoms with Crippen LogP contribution in [0.3, 0.4) is 0 Å². The molecule has 0 fully saturated rings. The lowest BCUT2D eigenvalue weighted by molar-refractivity contribution is -0.386. The van der Waals surface area contributed by atoms with Gasteiger partial charge in [0.15, 0.2) is 0 Å². The summed E-state index contributed by atoms with van der Waals surface area (Å²) < 4.78 is 5.47. The minimum absolute atomic E-state index is 0.0588. The molecule has 1 aromatic heterocycles. The number of aryl methyl sites for hydroxylation is 1. The molecule has 24 heavy (non-hydrogen) atoms. The lowest BCUT2D eigenvalue weighted by Crippen LogP contribution is -1.97. The van der Waals surface area contributed by atoms with Crippen LogP contribution in [0.25, 0.3) is 6.08 Å². The van der Waals surface area contributed by atoms with Crippen LogP contribution in [0.15, 0.2) is 26.7 Å². The number of nitro benzene ring substituents is 1. The molecule has 0 aliphatic rings. The largest absolute Gasteiger partial charge is 0.501 e. The second-order valence-electron chi connectivity index (χ2n) is 4.36. The Hall–Kier alpha value is -2.15. The fourth-order valence-electron chi connectivity index (χ4n) is 1.63. The summed E-state index contributed by atoms with van der Waals surface area (Å²) in [6.45, 7) is 1.81. The number of carboxylic acid groups (broad SMARTS) is 1. The highest BCUT2D eigenvalue weighted by molar-refractivity contribution is 14.1. The number of phenolic OH excluding ortho intramolecular Hbond substituents is 1. The molecule has 2 N–H and O–H groups in total. The van der Waals surface area contributed by atoms with Crippen LogP contribution in [-0.4, -0.2) is 31.3 Å². The molecule has 0 bridgehead atoms. The van der Waals surface area contributed by atoms with Gasteiger partial charge in [0, 0.05) is 12.5 Å². The molecule has 0 saturated heterocycles. The predicted octanol–water partition coefficient (Wildman–Crippen LogP) is 3.07. The fraction of sp³-hybridized carbons (Fsp3) is 0.154.